The summed E-state index contributed by atoms with van der Waals surface area (Å²) < 4.78 is 39.4. The van der Waals surface area contributed by atoms with Gasteiger partial charge in [-0.15, -0.1) is 0 Å². The van der Waals surface area contributed by atoms with Gasteiger partial charge in [0.1, 0.15) is 6.04 Å². The fourth-order valence-electron chi connectivity index (χ4n) is 4.69. The number of alkyl halides is 3. The molecule has 2 N–H and O–H groups in total. The van der Waals surface area contributed by atoms with Crippen molar-refractivity contribution in [1.82, 2.24) is 4.90 Å². The molecule has 0 saturated carbocycles. The highest BCUT2D eigenvalue weighted by atomic mass is 35.5. The Balaban J connectivity index is 1.50. The van der Waals surface area contributed by atoms with Gasteiger partial charge in [-0.25, -0.2) is 0 Å². The smallest absolute Gasteiger partial charge is 0.373 e. The first-order valence-electron chi connectivity index (χ1n) is 11.0. The van der Waals surface area contributed by atoms with Crippen LogP contribution in [0.3, 0.4) is 0 Å². The van der Waals surface area contributed by atoms with Crippen LogP contribution in [0, 0.1) is 6.92 Å². The summed E-state index contributed by atoms with van der Waals surface area (Å²) in [7, 11) is 2.14. The summed E-state index contributed by atoms with van der Waals surface area (Å²) in [5.74, 6) is -0.423. The molecule has 3 atom stereocenters. The van der Waals surface area contributed by atoms with Crippen LogP contribution in [0.15, 0.2) is 30.3 Å². The number of benzene rings is 2. The van der Waals surface area contributed by atoms with Crippen molar-refractivity contribution in [3.8, 4) is 0 Å². The first kappa shape index (κ1) is 23.7. The Bertz CT molecular complexity index is 1060. The molecule has 2 aromatic rings. The number of amides is 1. The second-order valence-electron chi connectivity index (χ2n) is 9.12. The van der Waals surface area contributed by atoms with Gasteiger partial charge in [-0.2, -0.15) is 13.2 Å². The number of carbonyl (C=O) groups excluding carboxylic acids is 1. The summed E-state index contributed by atoms with van der Waals surface area (Å²) in [6.45, 7) is 8.32. The number of aryl methyl sites for hydroxylation is 1. The molecule has 178 valence electrons. The third kappa shape index (κ3) is 4.64. The van der Waals surface area contributed by atoms with Gasteiger partial charge in [-0.05, 0) is 57.1 Å². The van der Waals surface area contributed by atoms with Crippen molar-refractivity contribution in [1.29, 1.82) is 0 Å². The minimum atomic E-state index is -4.59. The average molecular weight is 481 g/mol. The van der Waals surface area contributed by atoms with E-state index in [1.807, 2.05) is 0 Å². The zero-order valence-corrected chi connectivity index (χ0v) is 19.8. The van der Waals surface area contributed by atoms with E-state index in [9.17, 15) is 18.0 Å². The lowest BCUT2D eigenvalue weighted by Crippen LogP contribution is -2.55. The minimum Gasteiger partial charge on any atom is -0.373 e. The zero-order valence-electron chi connectivity index (χ0n) is 19.1. The van der Waals surface area contributed by atoms with E-state index in [4.69, 9.17) is 11.6 Å². The molecule has 0 radical (unpaired) electrons. The van der Waals surface area contributed by atoms with E-state index in [0.717, 1.165) is 41.7 Å². The minimum absolute atomic E-state index is 0.0495. The topological polar surface area (TPSA) is 47.6 Å². The Labute approximate surface area is 196 Å². The monoisotopic (exact) mass is 480 g/mol. The van der Waals surface area contributed by atoms with Gasteiger partial charge in [0.25, 0.3) is 0 Å². The van der Waals surface area contributed by atoms with Crippen LogP contribution < -0.4 is 15.5 Å². The maximum Gasteiger partial charge on any atom is 0.417 e. The Kier molecular flexibility index (Phi) is 6.26. The van der Waals surface area contributed by atoms with Gasteiger partial charge in [0.2, 0.25) is 5.91 Å². The van der Waals surface area contributed by atoms with Gasteiger partial charge in [0, 0.05) is 43.0 Å². The number of piperazine rings is 1. The predicted octanol–water partition coefficient (Wildman–Crippen LogP) is 5.17. The van der Waals surface area contributed by atoms with Gasteiger partial charge < -0.3 is 15.5 Å². The Morgan fingerprint density at radius 3 is 2.48 bits per heavy atom. The first-order valence-corrected chi connectivity index (χ1v) is 11.4. The van der Waals surface area contributed by atoms with Crippen molar-refractivity contribution in [2.24, 2.45) is 0 Å². The Morgan fingerprint density at radius 1 is 1.18 bits per heavy atom. The fraction of sp³-hybridized carbons (Fsp3) is 0.458. The number of rotatable bonds is 3. The summed E-state index contributed by atoms with van der Waals surface area (Å²) in [5, 5.41) is 5.29. The third-order valence-electron chi connectivity index (χ3n) is 6.75. The molecular formula is C24H28ClF3N4O. The third-order valence-corrected chi connectivity index (χ3v) is 7.16. The second-order valence-corrected chi connectivity index (χ2v) is 9.50. The highest BCUT2D eigenvalue weighted by Crippen LogP contribution is 2.39. The van der Waals surface area contributed by atoms with E-state index in [1.54, 1.807) is 0 Å². The molecule has 33 heavy (non-hydrogen) atoms. The zero-order chi connectivity index (χ0) is 24.1. The van der Waals surface area contributed by atoms with Crippen LogP contribution in [0.4, 0.5) is 30.2 Å². The molecule has 0 aliphatic carbocycles. The molecule has 5 nitrogen and oxygen atoms in total. The molecule has 0 spiro atoms. The van der Waals surface area contributed by atoms with Gasteiger partial charge in [-0.3, -0.25) is 9.69 Å². The number of halogens is 4. The summed E-state index contributed by atoms with van der Waals surface area (Å²) in [6.07, 6.45) is -4.14. The molecule has 1 fully saturated rings. The number of hydrogen-bond acceptors (Lipinski definition) is 4. The van der Waals surface area contributed by atoms with Crippen molar-refractivity contribution < 1.29 is 18.0 Å². The van der Waals surface area contributed by atoms with Gasteiger partial charge in [0.15, 0.2) is 0 Å². The Hall–Kier alpha value is -2.45. The lowest BCUT2D eigenvalue weighted by Gasteiger charge is -2.44. The number of likely N-dealkylation sites (N-methyl/N-ethyl adjacent to an activating group) is 1. The molecule has 0 bridgehead atoms. The first-order chi connectivity index (χ1) is 15.5. The van der Waals surface area contributed by atoms with Crippen molar-refractivity contribution in [2.75, 3.05) is 35.7 Å². The van der Waals surface area contributed by atoms with E-state index in [1.165, 1.54) is 12.1 Å². The normalized spacial score (nSPS) is 23.3. The summed E-state index contributed by atoms with van der Waals surface area (Å²) >= 11 is 5.93. The van der Waals surface area contributed by atoms with Crippen LogP contribution in [-0.4, -0.2) is 49.1 Å². The molecule has 2 aliphatic heterocycles. The number of hydrogen-bond donors (Lipinski definition) is 2. The summed E-state index contributed by atoms with van der Waals surface area (Å²) in [5.41, 5.74) is 3.15. The van der Waals surface area contributed by atoms with Crippen molar-refractivity contribution in [2.45, 2.75) is 51.5 Å². The van der Waals surface area contributed by atoms with Crippen LogP contribution in [0.1, 0.15) is 30.5 Å². The molecule has 1 saturated heterocycles. The molecular weight excluding hydrogens is 453 g/mol. The van der Waals surface area contributed by atoms with Gasteiger partial charge in [0.05, 0.1) is 16.3 Å². The van der Waals surface area contributed by atoms with E-state index in [0.29, 0.717) is 18.5 Å². The molecule has 2 heterocycles. The number of carbonyl (C=O) groups is 1. The summed E-state index contributed by atoms with van der Waals surface area (Å²) in [6, 6.07) is 7.92. The quantitative estimate of drug-likeness (QED) is 0.636. The maximum absolute atomic E-state index is 13.1. The van der Waals surface area contributed by atoms with E-state index < -0.39 is 28.7 Å². The number of nitrogens with zero attached hydrogens (tertiary/aromatic N) is 2. The lowest BCUT2D eigenvalue weighted by molar-refractivity contribution is -0.137. The van der Waals surface area contributed by atoms with Crippen LogP contribution >= 0.6 is 11.6 Å². The molecule has 2 aromatic carbocycles. The Morgan fingerprint density at radius 2 is 1.85 bits per heavy atom. The van der Waals surface area contributed by atoms with Crippen LogP contribution in [0.2, 0.25) is 5.02 Å². The molecule has 4 rings (SSSR count). The maximum atomic E-state index is 13.1. The number of fused-ring (bicyclic) bond motifs is 1. The van der Waals surface area contributed by atoms with Crippen molar-refractivity contribution in [3.63, 3.8) is 0 Å². The lowest BCUT2D eigenvalue weighted by atomic mass is 10.0. The highest BCUT2D eigenvalue weighted by molar-refractivity contribution is 6.34. The average Bonchev–Trinajstić information content (AvgIpc) is 3.14. The number of nitrogens with one attached hydrogen (secondary N) is 2. The van der Waals surface area contributed by atoms with Gasteiger partial charge in [-0.1, -0.05) is 23.7 Å². The van der Waals surface area contributed by atoms with Crippen LogP contribution in [0.25, 0.3) is 0 Å². The molecule has 1 unspecified atom stereocenters. The van der Waals surface area contributed by atoms with E-state index >= 15 is 0 Å². The highest BCUT2D eigenvalue weighted by Gasteiger charge is 2.35. The van der Waals surface area contributed by atoms with Crippen LogP contribution in [-0.2, 0) is 17.4 Å². The molecule has 9 heteroatoms. The summed E-state index contributed by atoms with van der Waals surface area (Å²) in [4.78, 5) is 17.6. The number of anilines is 3. The largest absolute Gasteiger partial charge is 0.417 e. The van der Waals surface area contributed by atoms with Crippen LogP contribution in [0.5, 0.6) is 0 Å². The van der Waals surface area contributed by atoms with Gasteiger partial charge >= 0.3 is 6.18 Å². The fourth-order valence-corrected chi connectivity index (χ4v) is 4.97. The van der Waals surface area contributed by atoms with E-state index in [-0.39, 0.29) is 5.69 Å². The molecule has 1 amide bonds. The van der Waals surface area contributed by atoms with Crippen molar-refractivity contribution in [3.05, 3.63) is 52.0 Å². The second kappa shape index (κ2) is 8.72. The van der Waals surface area contributed by atoms with Crippen molar-refractivity contribution >= 4 is 34.6 Å². The molecule has 2 aliphatic rings. The standard InChI is InChI=1S/C24H28ClF3N4O/c1-13-8-16-9-20(23(33)30-18-7-5-6-17(22(18)25)24(26,27)28)29-19(16)10-21(13)32-11-14(2)31(4)15(3)12-32/h5-8,10,14-15,20,29H,9,11-12H2,1-4H3,(H,30,33)/t14-,15+,20?. The molecule has 0 aromatic heterocycles. The SMILES string of the molecule is Cc1cc2c(cc1N1C[C@@H](C)N(C)[C@@H](C)C1)NC(C(=O)Nc1cccc(C(F)(F)F)c1Cl)C2. The predicted molar refractivity (Wildman–Crippen MR) is 126 cm³/mol. The van der Waals surface area contributed by atoms with E-state index in [2.05, 4.69) is 60.4 Å².